The van der Waals surface area contributed by atoms with E-state index in [1.165, 1.54) is 23.3 Å². The van der Waals surface area contributed by atoms with E-state index in [0.29, 0.717) is 17.1 Å². The van der Waals surface area contributed by atoms with Gasteiger partial charge in [0.05, 0.1) is 4.92 Å². The molecule has 0 aliphatic heterocycles. The van der Waals surface area contributed by atoms with Crippen molar-refractivity contribution in [2.45, 2.75) is 23.6 Å². The maximum atomic E-state index is 13.2. The largest absolute Gasteiger partial charge is 0.294 e. The maximum Gasteiger partial charge on any atom is 0.269 e. The van der Waals surface area contributed by atoms with E-state index < -0.39 is 4.92 Å². The smallest absolute Gasteiger partial charge is 0.269 e. The van der Waals surface area contributed by atoms with Gasteiger partial charge < -0.3 is 0 Å². The molecule has 0 spiro atoms. The van der Waals surface area contributed by atoms with Gasteiger partial charge in [0.1, 0.15) is 0 Å². The van der Waals surface area contributed by atoms with E-state index in [0.717, 1.165) is 9.79 Å². The molecule has 6 heteroatoms. The topological polar surface area (TPSA) is 60.2 Å². The van der Waals surface area contributed by atoms with E-state index >= 15 is 0 Å². The van der Waals surface area contributed by atoms with Crippen LogP contribution in [-0.2, 0) is 0 Å². The predicted octanol–water partition coefficient (Wildman–Crippen LogP) is 6.60. The number of carbonyl (C=O) groups excluding carboxylic acids is 1. The molecule has 0 unspecified atom stereocenters. The standard InChI is InChI=1S/C24H23NO3S2/c1-17-3-11-22(12-4-17)29-15-20(16-30-23-13-5-18(2)6-14-23)24(26)19-7-9-21(10-8-19)25(27)28/h3-14,20H,15-16H2,1-2H3. The Morgan fingerprint density at radius 3 is 1.63 bits per heavy atom. The number of non-ortho nitro benzene ring substituents is 1. The van der Waals surface area contributed by atoms with Gasteiger partial charge in [-0.15, -0.1) is 23.5 Å². The Labute approximate surface area is 185 Å². The number of rotatable bonds is 9. The second kappa shape index (κ2) is 10.5. The van der Waals surface area contributed by atoms with Crippen molar-refractivity contribution in [1.82, 2.24) is 0 Å². The summed E-state index contributed by atoms with van der Waals surface area (Å²) in [6.07, 6.45) is 0. The number of hydrogen-bond donors (Lipinski definition) is 0. The first-order chi connectivity index (χ1) is 14.4. The minimum Gasteiger partial charge on any atom is -0.294 e. The summed E-state index contributed by atoms with van der Waals surface area (Å²) >= 11 is 3.33. The van der Waals surface area contributed by atoms with E-state index in [1.54, 1.807) is 35.7 Å². The first-order valence-electron chi connectivity index (χ1n) is 9.60. The van der Waals surface area contributed by atoms with Gasteiger partial charge in [0, 0.05) is 44.9 Å². The number of nitrogens with zero attached hydrogens (tertiary/aromatic N) is 1. The summed E-state index contributed by atoms with van der Waals surface area (Å²) < 4.78 is 0. The predicted molar refractivity (Wildman–Crippen MR) is 125 cm³/mol. The van der Waals surface area contributed by atoms with Crippen molar-refractivity contribution in [3.05, 3.63) is 99.6 Å². The van der Waals surface area contributed by atoms with E-state index in [4.69, 9.17) is 0 Å². The van der Waals surface area contributed by atoms with Gasteiger partial charge in [0.2, 0.25) is 0 Å². The molecule has 0 saturated heterocycles. The number of nitro groups is 1. The summed E-state index contributed by atoms with van der Waals surface area (Å²) in [6, 6.07) is 22.4. The Bertz CT molecular complexity index is 951. The summed E-state index contributed by atoms with van der Waals surface area (Å²) in [7, 11) is 0. The lowest BCUT2D eigenvalue weighted by Crippen LogP contribution is -2.20. The Hall–Kier alpha value is -2.57. The minimum atomic E-state index is -0.452. The lowest BCUT2D eigenvalue weighted by Gasteiger charge is -2.16. The number of ketones is 1. The number of thioether (sulfide) groups is 2. The van der Waals surface area contributed by atoms with Crippen molar-refractivity contribution in [2.75, 3.05) is 11.5 Å². The number of Topliss-reactive ketones (excluding diaryl/α,β-unsaturated/α-hetero) is 1. The highest BCUT2D eigenvalue weighted by Crippen LogP contribution is 2.29. The van der Waals surface area contributed by atoms with Crippen LogP contribution in [0.1, 0.15) is 21.5 Å². The van der Waals surface area contributed by atoms with Crippen molar-refractivity contribution >= 4 is 35.0 Å². The molecule has 0 bridgehead atoms. The third kappa shape index (κ3) is 6.21. The van der Waals surface area contributed by atoms with Crippen molar-refractivity contribution < 1.29 is 9.72 Å². The molecule has 0 fully saturated rings. The van der Waals surface area contributed by atoms with E-state index in [9.17, 15) is 14.9 Å². The van der Waals surface area contributed by atoms with E-state index in [-0.39, 0.29) is 17.4 Å². The molecule has 0 heterocycles. The van der Waals surface area contributed by atoms with Crippen LogP contribution < -0.4 is 0 Å². The van der Waals surface area contributed by atoms with Crippen LogP contribution in [0.3, 0.4) is 0 Å². The highest BCUT2D eigenvalue weighted by molar-refractivity contribution is 8.00. The van der Waals surface area contributed by atoms with Crippen LogP contribution in [0.4, 0.5) is 5.69 Å². The SMILES string of the molecule is Cc1ccc(SCC(CSc2ccc(C)cc2)C(=O)c2ccc([N+](=O)[O-])cc2)cc1. The zero-order valence-corrected chi connectivity index (χ0v) is 18.5. The van der Waals surface area contributed by atoms with Crippen LogP contribution in [0.25, 0.3) is 0 Å². The zero-order valence-electron chi connectivity index (χ0n) is 16.9. The molecular formula is C24H23NO3S2. The van der Waals surface area contributed by atoms with Crippen molar-refractivity contribution in [3.8, 4) is 0 Å². The number of carbonyl (C=O) groups is 1. The van der Waals surface area contributed by atoms with Crippen LogP contribution in [-0.4, -0.2) is 22.2 Å². The van der Waals surface area contributed by atoms with Gasteiger partial charge in [-0.1, -0.05) is 35.4 Å². The normalized spacial score (nSPS) is 10.9. The highest BCUT2D eigenvalue weighted by atomic mass is 32.2. The van der Waals surface area contributed by atoms with Crippen LogP contribution in [0.5, 0.6) is 0 Å². The number of benzene rings is 3. The first kappa shape index (κ1) is 22.1. The molecule has 0 aliphatic carbocycles. The fraction of sp³-hybridized carbons (Fsp3) is 0.208. The molecule has 30 heavy (non-hydrogen) atoms. The highest BCUT2D eigenvalue weighted by Gasteiger charge is 2.22. The molecule has 3 aromatic rings. The van der Waals surface area contributed by atoms with E-state index in [2.05, 4.69) is 48.5 Å². The molecule has 0 atom stereocenters. The number of hydrogen-bond acceptors (Lipinski definition) is 5. The monoisotopic (exact) mass is 437 g/mol. The average molecular weight is 438 g/mol. The Kier molecular flexibility index (Phi) is 7.71. The number of aryl methyl sites for hydroxylation is 2. The molecule has 3 rings (SSSR count). The van der Waals surface area contributed by atoms with Gasteiger partial charge in [-0.25, -0.2) is 0 Å². The van der Waals surface area contributed by atoms with Gasteiger partial charge in [-0.2, -0.15) is 0 Å². The third-order valence-corrected chi connectivity index (χ3v) is 7.03. The fourth-order valence-corrected chi connectivity index (χ4v) is 4.98. The Morgan fingerprint density at radius 1 is 0.800 bits per heavy atom. The van der Waals surface area contributed by atoms with Gasteiger partial charge in [-0.05, 0) is 50.2 Å². The van der Waals surface area contributed by atoms with Crippen molar-refractivity contribution in [2.24, 2.45) is 5.92 Å². The molecule has 0 aliphatic rings. The first-order valence-corrected chi connectivity index (χ1v) is 11.6. The third-order valence-electron chi connectivity index (χ3n) is 4.68. The zero-order chi connectivity index (χ0) is 21.5. The van der Waals surface area contributed by atoms with Crippen molar-refractivity contribution in [1.29, 1.82) is 0 Å². The summed E-state index contributed by atoms with van der Waals surface area (Å²) in [4.78, 5) is 25.9. The number of nitro benzene ring substituents is 1. The minimum absolute atomic E-state index is 0.00818. The Morgan fingerprint density at radius 2 is 1.23 bits per heavy atom. The van der Waals surface area contributed by atoms with Crippen LogP contribution in [0.2, 0.25) is 0 Å². The fourth-order valence-electron chi connectivity index (χ4n) is 2.85. The molecule has 3 aromatic carbocycles. The molecule has 154 valence electrons. The molecule has 4 nitrogen and oxygen atoms in total. The summed E-state index contributed by atoms with van der Waals surface area (Å²) in [5.41, 5.74) is 2.91. The summed E-state index contributed by atoms with van der Waals surface area (Å²) in [6.45, 7) is 4.10. The molecule has 0 N–H and O–H groups in total. The lowest BCUT2D eigenvalue weighted by molar-refractivity contribution is -0.384. The maximum absolute atomic E-state index is 13.2. The van der Waals surface area contributed by atoms with Crippen molar-refractivity contribution in [3.63, 3.8) is 0 Å². The van der Waals surface area contributed by atoms with Gasteiger partial charge in [0.25, 0.3) is 5.69 Å². The van der Waals surface area contributed by atoms with Gasteiger partial charge >= 0.3 is 0 Å². The molecular weight excluding hydrogens is 414 g/mol. The average Bonchev–Trinajstić information content (AvgIpc) is 2.76. The lowest BCUT2D eigenvalue weighted by atomic mass is 10.0. The summed E-state index contributed by atoms with van der Waals surface area (Å²) in [5, 5.41) is 10.9. The second-order valence-corrected chi connectivity index (χ2v) is 9.30. The summed E-state index contributed by atoms with van der Waals surface area (Å²) in [5.74, 6) is 1.11. The molecule has 0 amide bonds. The van der Waals surface area contributed by atoms with Crippen LogP contribution >= 0.6 is 23.5 Å². The molecule has 0 aromatic heterocycles. The van der Waals surface area contributed by atoms with Gasteiger partial charge in [-0.3, -0.25) is 14.9 Å². The van der Waals surface area contributed by atoms with Crippen LogP contribution in [0, 0.1) is 29.9 Å². The second-order valence-electron chi connectivity index (χ2n) is 7.11. The quantitative estimate of drug-likeness (QED) is 0.163. The Balaban J connectivity index is 1.74. The van der Waals surface area contributed by atoms with Gasteiger partial charge in [0.15, 0.2) is 5.78 Å². The molecule has 0 radical (unpaired) electrons. The van der Waals surface area contributed by atoms with E-state index in [1.807, 2.05) is 13.8 Å². The molecule has 0 saturated carbocycles. The van der Waals surface area contributed by atoms with Crippen LogP contribution in [0.15, 0.2) is 82.6 Å².